The number of rotatable bonds is 3. The summed E-state index contributed by atoms with van der Waals surface area (Å²) < 4.78 is 0. The molecule has 88 valence electrons. The first kappa shape index (κ1) is 11.9. The molecule has 0 spiro atoms. The van der Waals surface area contributed by atoms with Gasteiger partial charge in [-0.3, -0.25) is 9.88 Å². The molecule has 16 heavy (non-hydrogen) atoms. The molecular formula is C13H19ClN2. The fourth-order valence-corrected chi connectivity index (χ4v) is 2.73. The minimum absolute atomic E-state index is 0.552. The van der Waals surface area contributed by atoms with E-state index in [2.05, 4.69) is 22.9 Å². The SMILES string of the molecule is Cc1cncc(CN2CCCCC2CCl)c1. The Morgan fingerprint density at radius 1 is 1.44 bits per heavy atom. The molecule has 0 bridgehead atoms. The molecule has 1 atom stereocenters. The number of pyridine rings is 1. The maximum absolute atomic E-state index is 6.02. The molecule has 1 aromatic rings. The standard InChI is InChI=1S/C13H19ClN2/c1-11-6-12(9-15-8-11)10-16-5-3-2-4-13(16)7-14/h6,8-9,13H,2-5,7,10H2,1H3. The molecule has 0 aromatic carbocycles. The smallest absolute Gasteiger partial charge is 0.0379 e. The van der Waals surface area contributed by atoms with Gasteiger partial charge in [0, 0.05) is 30.9 Å². The molecule has 1 aliphatic heterocycles. The Kier molecular flexibility index (Phi) is 4.19. The highest BCUT2D eigenvalue weighted by molar-refractivity contribution is 6.18. The van der Waals surface area contributed by atoms with E-state index in [0.717, 1.165) is 12.4 Å². The zero-order valence-corrected chi connectivity index (χ0v) is 10.6. The molecular weight excluding hydrogens is 220 g/mol. The second kappa shape index (κ2) is 5.65. The van der Waals surface area contributed by atoms with E-state index in [-0.39, 0.29) is 0 Å². The lowest BCUT2D eigenvalue weighted by molar-refractivity contribution is 0.155. The lowest BCUT2D eigenvalue weighted by atomic mass is 10.0. The summed E-state index contributed by atoms with van der Waals surface area (Å²) in [4.78, 5) is 6.73. The highest BCUT2D eigenvalue weighted by Gasteiger charge is 2.21. The van der Waals surface area contributed by atoms with Crippen LogP contribution in [0.1, 0.15) is 30.4 Å². The summed E-state index contributed by atoms with van der Waals surface area (Å²) in [6.07, 6.45) is 7.72. The lowest BCUT2D eigenvalue weighted by Gasteiger charge is -2.34. The van der Waals surface area contributed by atoms with Crippen molar-refractivity contribution in [2.45, 2.75) is 38.8 Å². The number of likely N-dealkylation sites (tertiary alicyclic amines) is 1. The van der Waals surface area contributed by atoms with Gasteiger partial charge in [-0.1, -0.05) is 12.5 Å². The lowest BCUT2D eigenvalue weighted by Crippen LogP contribution is -2.40. The molecule has 0 N–H and O–H groups in total. The maximum Gasteiger partial charge on any atom is 0.0379 e. The van der Waals surface area contributed by atoms with E-state index in [9.17, 15) is 0 Å². The summed E-state index contributed by atoms with van der Waals surface area (Å²) in [5.74, 6) is 0.749. The molecule has 0 amide bonds. The molecule has 1 unspecified atom stereocenters. The van der Waals surface area contributed by atoms with Crippen LogP contribution in [-0.2, 0) is 6.54 Å². The molecule has 3 heteroatoms. The molecule has 0 radical (unpaired) electrons. The predicted molar refractivity (Wildman–Crippen MR) is 67.7 cm³/mol. The third kappa shape index (κ3) is 2.96. The van der Waals surface area contributed by atoms with E-state index in [0.29, 0.717) is 6.04 Å². The van der Waals surface area contributed by atoms with Gasteiger partial charge in [-0.25, -0.2) is 0 Å². The van der Waals surface area contributed by atoms with Gasteiger partial charge in [0.05, 0.1) is 0 Å². The fourth-order valence-electron chi connectivity index (χ4n) is 2.38. The van der Waals surface area contributed by atoms with Crippen LogP contribution in [0.5, 0.6) is 0 Å². The van der Waals surface area contributed by atoms with Crippen molar-refractivity contribution in [3.05, 3.63) is 29.6 Å². The average Bonchev–Trinajstić information content (AvgIpc) is 2.30. The summed E-state index contributed by atoms with van der Waals surface area (Å²) in [5.41, 5.74) is 2.54. The normalized spacial score (nSPS) is 22.2. The quantitative estimate of drug-likeness (QED) is 0.753. The zero-order chi connectivity index (χ0) is 11.4. The predicted octanol–water partition coefficient (Wildman–Crippen LogP) is 2.98. The summed E-state index contributed by atoms with van der Waals surface area (Å²) in [6.45, 7) is 4.25. The Morgan fingerprint density at radius 2 is 2.31 bits per heavy atom. The molecule has 2 heterocycles. The Bertz CT molecular complexity index is 340. The molecule has 0 saturated carbocycles. The number of hydrogen-bond acceptors (Lipinski definition) is 2. The first-order valence-corrected chi connectivity index (χ1v) is 6.53. The number of alkyl halides is 1. The van der Waals surface area contributed by atoms with E-state index in [4.69, 9.17) is 11.6 Å². The van der Waals surface area contributed by atoms with Crippen molar-refractivity contribution < 1.29 is 0 Å². The zero-order valence-electron chi connectivity index (χ0n) is 9.82. The first-order valence-electron chi connectivity index (χ1n) is 6.00. The molecule has 1 saturated heterocycles. The largest absolute Gasteiger partial charge is 0.295 e. The third-order valence-corrected chi connectivity index (χ3v) is 3.60. The number of aromatic nitrogens is 1. The first-order chi connectivity index (χ1) is 7.79. The van der Waals surface area contributed by atoms with Gasteiger partial charge in [0.25, 0.3) is 0 Å². The van der Waals surface area contributed by atoms with Gasteiger partial charge in [0.1, 0.15) is 0 Å². The van der Waals surface area contributed by atoms with Crippen LogP contribution in [0.4, 0.5) is 0 Å². The van der Waals surface area contributed by atoms with Crippen molar-refractivity contribution in [3.8, 4) is 0 Å². The molecule has 0 aliphatic carbocycles. The monoisotopic (exact) mass is 238 g/mol. The van der Waals surface area contributed by atoms with E-state index in [1.807, 2.05) is 12.4 Å². The Hall–Kier alpha value is -0.600. The van der Waals surface area contributed by atoms with Crippen LogP contribution >= 0.6 is 11.6 Å². The van der Waals surface area contributed by atoms with Gasteiger partial charge >= 0.3 is 0 Å². The summed E-state index contributed by atoms with van der Waals surface area (Å²) in [5, 5.41) is 0. The van der Waals surface area contributed by atoms with Crippen molar-refractivity contribution in [2.24, 2.45) is 0 Å². The highest BCUT2D eigenvalue weighted by atomic mass is 35.5. The molecule has 2 rings (SSSR count). The van der Waals surface area contributed by atoms with Crippen molar-refractivity contribution in [2.75, 3.05) is 12.4 Å². The summed E-state index contributed by atoms with van der Waals surface area (Å²) >= 11 is 6.02. The van der Waals surface area contributed by atoms with Gasteiger partial charge < -0.3 is 0 Å². The molecule has 1 aliphatic rings. The van der Waals surface area contributed by atoms with Crippen LogP contribution in [0.15, 0.2) is 18.5 Å². The minimum Gasteiger partial charge on any atom is -0.295 e. The molecule has 1 aromatic heterocycles. The van der Waals surface area contributed by atoms with Crippen molar-refractivity contribution >= 4 is 11.6 Å². The van der Waals surface area contributed by atoms with Crippen LogP contribution in [0.2, 0.25) is 0 Å². The second-order valence-corrected chi connectivity index (χ2v) is 4.95. The van der Waals surface area contributed by atoms with Crippen LogP contribution in [0, 0.1) is 6.92 Å². The van der Waals surface area contributed by atoms with Gasteiger partial charge in [0.15, 0.2) is 0 Å². The third-order valence-electron chi connectivity index (χ3n) is 3.24. The number of hydrogen-bond donors (Lipinski definition) is 0. The van der Waals surface area contributed by atoms with E-state index < -0.39 is 0 Å². The van der Waals surface area contributed by atoms with Crippen LogP contribution in [-0.4, -0.2) is 28.4 Å². The van der Waals surface area contributed by atoms with E-state index in [1.54, 1.807) is 0 Å². The number of aryl methyl sites for hydroxylation is 1. The summed E-state index contributed by atoms with van der Waals surface area (Å²) in [7, 11) is 0. The van der Waals surface area contributed by atoms with E-state index in [1.165, 1.54) is 36.9 Å². The Labute approximate surface area is 103 Å². The second-order valence-electron chi connectivity index (χ2n) is 4.64. The van der Waals surface area contributed by atoms with Gasteiger partial charge in [0.2, 0.25) is 0 Å². The van der Waals surface area contributed by atoms with Crippen LogP contribution < -0.4 is 0 Å². The number of nitrogens with zero attached hydrogens (tertiary/aromatic N) is 2. The minimum atomic E-state index is 0.552. The van der Waals surface area contributed by atoms with Crippen LogP contribution in [0.3, 0.4) is 0 Å². The van der Waals surface area contributed by atoms with E-state index >= 15 is 0 Å². The maximum atomic E-state index is 6.02. The van der Waals surface area contributed by atoms with Gasteiger partial charge in [-0.05, 0) is 37.4 Å². The number of piperidine rings is 1. The highest BCUT2D eigenvalue weighted by Crippen LogP contribution is 2.20. The van der Waals surface area contributed by atoms with Crippen molar-refractivity contribution in [1.82, 2.24) is 9.88 Å². The van der Waals surface area contributed by atoms with Gasteiger partial charge in [-0.2, -0.15) is 0 Å². The van der Waals surface area contributed by atoms with Gasteiger partial charge in [-0.15, -0.1) is 11.6 Å². The molecule has 1 fully saturated rings. The molecule has 2 nitrogen and oxygen atoms in total. The van der Waals surface area contributed by atoms with Crippen molar-refractivity contribution in [1.29, 1.82) is 0 Å². The average molecular weight is 239 g/mol. The van der Waals surface area contributed by atoms with Crippen molar-refractivity contribution in [3.63, 3.8) is 0 Å². The van der Waals surface area contributed by atoms with Crippen LogP contribution in [0.25, 0.3) is 0 Å². The topological polar surface area (TPSA) is 16.1 Å². The Morgan fingerprint density at radius 3 is 3.06 bits per heavy atom. The fraction of sp³-hybridized carbons (Fsp3) is 0.615. The Balaban J connectivity index is 2.02. The number of halogens is 1. The summed E-state index contributed by atoms with van der Waals surface area (Å²) in [6, 6.07) is 2.77.